The van der Waals surface area contributed by atoms with E-state index < -0.39 is 0 Å². The molecule has 2 rings (SSSR count). The van der Waals surface area contributed by atoms with Gasteiger partial charge in [-0.1, -0.05) is 6.07 Å². The molecule has 1 heterocycles. The molecule has 24 heavy (non-hydrogen) atoms. The van der Waals surface area contributed by atoms with Gasteiger partial charge < -0.3 is 16.0 Å². The van der Waals surface area contributed by atoms with Crippen molar-refractivity contribution < 1.29 is 4.79 Å². The molecule has 0 atom stereocenters. The maximum atomic E-state index is 11.5. The molecule has 1 saturated carbocycles. The molecular weight excluding hydrogens is 417 g/mol. The number of carbonyl (C=O) groups is 1. The summed E-state index contributed by atoms with van der Waals surface area (Å²) in [6.45, 7) is 6.84. The maximum absolute atomic E-state index is 11.5. The third kappa shape index (κ3) is 7.94. The normalized spacial score (nSPS) is 13.8. The monoisotopic (exact) mass is 445 g/mol. The molecule has 1 aromatic heterocycles. The molecule has 1 aromatic rings. The Morgan fingerprint density at radius 2 is 2.00 bits per heavy atom. The summed E-state index contributed by atoms with van der Waals surface area (Å²) >= 11 is 0. The summed E-state index contributed by atoms with van der Waals surface area (Å²) in [6, 6.07) is 4.11. The molecule has 1 fully saturated rings. The second-order valence-electron chi connectivity index (χ2n) is 5.81. The summed E-state index contributed by atoms with van der Waals surface area (Å²) < 4.78 is 0. The quantitative estimate of drug-likeness (QED) is 0.246. The minimum absolute atomic E-state index is 0. The second-order valence-corrected chi connectivity index (χ2v) is 5.81. The molecule has 3 N–H and O–H groups in total. The Hall–Kier alpha value is -1.38. The molecule has 0 aliphatic heterocycles. The van der Waals surface area contributed by atoms with Crippen LogP contribution in [0.15, 0.2) is 23.3 Å². The zero-order valence-electron chi connectivity index (χ0n) is 14.5. The zero-order valence-corrected chi connectivity index (χ0v) is 16.8. The first kappa shape index (κ1) is 20.7. The lowest BCUT2D eigenvalue weighted by Crippen LogP contribution is -2.41. The van der Waals surface area contributed by atoms with Crippen molar-refractivity contribution in [2.45, 2.75) is 33.1 Å². The van der Waals surface area contributed by atoms with E-state index >= 15 is 0 Å². The van der Waals surface area contributed by atoms with E-state index in [2.05, 4.69) is 32.0 Å². The Balaban J connectivity index is 0.00000288. The van der Waals surface area contributed by atoms with Crippen LogP contribution >= 0.6 is 24.0 Å². The highest BCUT2D eigenvalue weighted by molar-refractivity contribution is 14.0. The highest BCUT2D eigenvalue weighted by Gasteiger charge is 2.28. The molecule has 1 amide bonds. The zero-order chi connectivity index (χ0) is 16.5. The van der Waals surface area contributed by atoms with Gasteiger partial charge in [0.2, 0.25) is 5.91 Å². The van der Waals surface area contributed by atoms with E-state index in [0.29, 0.717) is 19.6 Å². The van der Waals surface area contributed by atoms with E-state index in [1.54, 1.807) is 0 Å². The van der Waals surface area contributed by atoms with Crippen molar-refractivity contribution in [3.63, 3.8) is 0 Å². The molecule has 0 unspecified atom stereocenters. The number of aromatic nitrogens is 1. The van der Waals surface area contributed by atoms with Gasteiger partial charge in [-0.2, -0.15) is 0 Å². The molecule has 6 nitrogen and oxygen atoms in total. The number of hydrogen-bond donors (Lipinski definition) is 3. The number of amides is 1. The van der Waals surface area contributed by atoms with Gasteiger partial charge >= 0.3 is 0 Å². The van der Waals surface area contributed by atoms with E-state index in [0.717, 1.165) is 37.5 Å². The number of nitrogens with one attached hydrogen (secondary N) is 3. The van der Waals surface area contributed by atoms with Crippen LogP contribution in [0.1, 0.15) is 31.0 Å². The standard InChI is InChI=1S/C17H27N5O.HI/c1-3-18-17(21-11-10-19-16(23)15-6-7-15)20-9-8-14-5-4-13(2)22-12-14;/h4-5,12,15H,3,6-11H2,1-2H3,(H,19,23)(H2,18,20,21);1H. The Morgan fingerprint density at radius 1 is 1.25 bits per heavy atom. The molecule has 0 spiro atoms. The number of aryl methyl sites for hydroxylation is 1. The number of rotatable bonds is 8. The van der Waals surface area contributed by atoms with Gasteiger partial charge in [-0.05, 0) is 44.7 Å². The number of nitrogens with zero attached hydrogens (tertiary/aromatic N) is 2. The van der Waals surface area contributed by atoms with E-state index in [9.17, 15) is 4.79 Å². The smallest absolute Gasteiger partial charge is 0.223 e. The summed E-state index contributed by atoms with van der Waals surface area (Å²) in [7, 11) is 0. The molecule has 0 bridgehead atoms. The summed E-state index contributed by atoms with van der Waals surface area (Å²) in [5.41, 5.74) is 2.22. The molecule has 0 radical (unpaired) electrons. The van der Waals surface area contributed by atoms with Crippen molar-refractivity contribution in [3.8, 4) is 0 Å². The first-order valence-corrected chi connectivity index (χ1v) is 8.40. The van der Waals surface area contributed by atoms with Crippen LogP contribution < -0.4 is 16.0 Å². The summed E-state index contributed by atoms with van der Waals surface area (Å²) in [5, 5.41) is 9.39. The lowest BCUT2D eigenvalue weighted by molar-refractivity contribution is -0.122. The fraction of sp³-hybridized carbons (Fsp3) is 0.588. The SMILES string of the molecule is CCNC(=NCCc1ccc(C)nc1)NCCNC(=O)C1CC1.I. The van der Waals surface area contributed by atoms with Crippen molar-refractivity contribution >= 4 is 35.8 Å². The van der Waals surface area contributed by atoms with Crippen molar-refractivity contribution in [3.05, 3.63) is 29.6 Å². The van der Waals surface area contributed by atoms with Crippen molar-refractivity contribution in [1.29, 1.82) is 0 Å². The van der Waals surface area contributed by atoms with Crippen LogP contribution in [0.4, 0.5) is 0 Å². The van der Waals surface area contributed by atoms with Crippen LogP contribution in [0.2, 0.25) is 0 Å². The van der Waals surface area contributed by atoms with Gasteiger partial charge in [0.25, 0.3) is 0 Å². The maximum Gasteiger partial charge on any atom is 0.223 e. The van der Waals surface area contributed by atoms with Crippen LogP contribution in [0.25, 0.3) is 0 Å². The van der Waals surface area contributed by atoms with Crippen LogP contribution in [0.5, 0.6) is 0 Å². The largest absolute Gasteiger partial charge is 0.357 e. The number of pyridine rings is 1. The summed E-state index contributed by atoms with van der Waals surface area (Å²) in [5.74, 6) is 1.23. The van der Waals surface area contributed by atoms with Gasteiger partial charge in [-0.3, -0.25) is 14.8 Å². The van der Waals surface area contributed by atoms with E-state index in [-0.39, 0.29) is 35.8 Å². The Bertz CT molecular complexity index is 528. The minimum atomic E-state index is 0. The number of hydrogen-bond acceptors (Lipinski definition) is 3. The molecule has 1 aliphatic rings. The Kier molecular flexibility index (Phi) is 9.66. The highest BCUT2D eigenvalue weighted by Crippen LogP contribution is 2.28. The fourth-order valence-corrected chi connectivity index (χ4v) is 2.14. The van der Waals surface area contributed by atoms with Gasteiger partial charge in [0.15, 0.2) is 5.96 Å². The molecule has 1 aliphatic carbocycles. The lowest BCUT2D eigenvalue weighted by atomic mass is 10.2. The second kappa shape index (κ2) is 11.2. The van der Waals surface area contributed by atoms with Crippen molar-refractivity contribution in [1.82, 2.24) is 20.9 Å². The summed E-state index contributed by atoms with van der Waals surface area (Å²) in [4.78, 5) is 20.4. The molecule has 134 valence electrons. The third-order valence-corrected chi connectivity index (χ3v) is 3.65. The number of carbonyl (C=O) groups excluding carboxylic acids is 1. The van der Waals surface area contributed by atoms with E-state index in [1.165, 1.54) is 5.56 Å². The third-order valence-electron chi connectivity index (χ3n) is 3.65. The molecular formula is C17H28IN5O. The predicted molar refractivity (Wildman–Crippen MR) is 108 cm³/mol. The molecule has 0 saturated heterocycles. The minimum Gasteiger partial charge on any atom is -0.357 e. The Labute approximate surface area is 161 Å². The number of aliphatic imine (C=N–C) groups is 1. The predicted octanol–water partition coefficient (Wildman–Crippen LogP) is 1.63. The highest BCUT2D eigenvalue weighted by atomic mass is 127. The van der Waals surface area contributed by atoms with Crippen LogP contribution in [0, 0.1) is 12.8 Å². The van der Waals surface area contributed by atoms with Crippen molar-refractivity contribution in [2.24, 2.45) is 10.9 Å². The first-order chi connectivity index (χ1) is 11.2. The Morgan fingerprint density at radius 3 is 2.62 bits per heavy atom. The molecule has 7 heteroatoms. The average Bonchev–Trinajstić information content (AvgIpc) is 3.38. The van der Waals surface area contributed by atoms with Crippen molar-refractivity contribution in [2.75, 3.05) is 26.2 Å². The van der Waals surface area contributed by atoms with Gasteiger partial charge in [0, 0.05) is 44.0 Å². The van der Waals surface area contributed by atoms with Gasteiger partial charge in [-0.25, -0.2) is 0 Å². The number of halogens is 1. The van der Waals surface area contributed by atoms with Gasteiger partial charge in [0.1, 0.15) is 0 Å². The van der Waals surface area contributed by atoms with Crippen LogP contribution in [-0.2, 0) is 11.2 Å². The average molecular weight is 445 g/mol. The summed E-state index contributed by atoms with van der Waals surface area (Å²) in [6.07, 6.45) is 4.84. The first-order valence-electron chi connectivity index (χ1n) is 8.40. The fourth-order valence-electron chi connectivity index (χ4n) is 2.14. The van der Waals surface area contributed by atoms with E-state index in [4.69, 9.17) is 0 Å². The lowest BCUT2D eigenvalue weighted by Gasteiger charge is -2.11. The van der Waals surface area contributed by atoms with E-state index in [1.807, 2.05) is 26.1 Å². The van der Waals surface area contributed by atoms with Gasteiger partial charge in [0.05, 0.1) is 0 Å². The topological polar surface area (TPSA) is 78.4 Å². The number of guanidine groups is 1. The van der Waals surface area contributed by atoms with Crippen LogP contribution in [0.3, 0.4) is 0 Å². The van der Waals surface area contributed by atoms with Crippen LogP contribution in [-0.4, -0.2) is 43.0 Å². The van der Waals surface area contributed by atoms with Gasteiger partial charge in [-0.15, -0.1) is 24.0 Å². The molecule has 0 aromatic carbocycles.